The fourth-order valence-electron chi connectivity index (χ4n) is 2.27. The lowest BCUT2D eigenvalue weighted by Gasteiger charge is -2.32. The Bertz CT molecular complexity index is 524. The van der Waals surface area contributed by atoms with Crippen LogP contribution in [0, 0.1) is 5.82 Å². The molecule has 1 aromatic carbocycles. The minimum atomic E-state index is -1.01. The summed E-state index contributed by atoms with van der Waals surface area (Å²) in [4.78, 5) is 24.3. The molecule has 2 rings (SSSR count). The molecule has 0 spiro atoms. The minimum Gasteiger partial charge on any atom is -0.480 e. The highest BCUT2D eigenvalue weighted by molar-refractivity contribution is 9.10. The third-order valence-corrected chi connectivity index (χ3v) is 4.01. The third-order valence-electron chi connectivity index (χ3n) is 3.35. The predicted octanol–water partition coefficient (Wildman–Crippen LogP) is 2.29. The maximum atomic E-state index is 13.8. The molecule has 1 aliphatic rings. The number of hydrogen-bond donors (Lipinski definition) is 1. The monoisotopic (exact) mass is 359 g/mol. The molecule has 0 unspecified atom stereocenters. The smallest absolute Gasteiger partial charge is 0.329 e. The lowest BCUT2D eigenvalue weighted by molar-refractivity contribution is -0.145. The molecule has 0 radical (unpaired) electrons. The van der Waals surface area contributed by atoms with E-state index in [9.17, 15) is 14.0 Å². The summed E-state index contributed by atoms with van der Waals surface area (Å²) in [7, 11) is 0. The van der Waals surface area contributed by atoms with Crippen LogP contribution < -0.4 is 0 Å². The molecule has 5 nitrogen and oxygen atoms in total. The molecule has 0 aromatic heterocycles. The van der Waals surface area contributed by atoms with Crippen LogP contribution in [0.15, 0.2) is 22.7 Å². The summed E-state index contributed by atoms with van der Waals surface area (Å²) >= 11 is 3.19. The number of nitrogens with zero attached hydrogens (tertiary/aromatic N) is 1. The number of piperidine rings is 1. The van der Waals surface area contributed by atoms with Gasteiger partial charge >= 0.3 is 5.97 Å². The van der Waals surface area contributed by atoms with Gasteiger partial charge in [-0.15, -0.1) is 0 Å². The summed E-state index contributed by atoms with van der Waals surface area (Å²) in [5, 5.41) is 8.56. The number of carboxylic acids is 1. The van der Waals surface area contributed by atoms with E-state index in [2.05, 4.69) is 15.9 Å². The molecule has 114 valence electrons. The first-order chi connectivity index (χ1) is 9.99. The Morgan fingerprint density at radius 2 is 2.05 bits per heavy atom. The van der Waals surface area contributed by atoms with Crippen LogP contribution in [-0.4, -0.2) is 47.7 Å². The fraction of sp³-hybridized carbons (Fsp3) is 0.429. The largest absolute Gasteiger partial charge is 0.480 e. The van der Waals surface area contributed by atoms with E-state index in [-0.39, 0.29) is 24.2 Å². The number of benzene rings is 1. The predicted molar refractivity (Wildman–Crippen MR) is 76.6 cm³/mol. The second kappa shape index (κ2) is 7.00. The second-order valence-electron chi connectivity index (χ2n) is 4.79. The maximum Gasteiger partial charge on any atom is 0.329 e. The highest BCUT2D eigenvalue weighted by Gasteiger charge is 2.27. The van der Waals surface area contributed by atoms with Gasteiger partial charge in [0.15, 0.2) is 0 Å². The SMILES string of the molecule is O=C(O)COC1CCN(C(=O)c2c(F)cccc2Br)CC1. The Morgan fingerprint density at radius 1 is 1.38 bits per heavy atom. The Kier molecular flexibility index (Phi) is 5.30. The summed E-state index contributed by atoms with van der Waals surface area (Å²) in [5.41, 5.74) is 0.0300. The van der Waals surface area contributed by atoms with Crippen LogP contribution in [0.4, 0.5) is 4.39 Å². The van der Waals surface area contributed by atoms with Crippen molar-refractivity contribution < 1.29 is 23.8 Å². The normalized spacial score (nSPS) is 16.0. The number of likely N-dealkylation sites (tertiary alicyclic amines) is 1. The number of carbonyl (C=O) groups is 2. The number of amides is 1. The van der Waals surface area contributed by atoms with Crippen molar-refractivity contribution in [2.75, 3.05) is 19.7 Å². The Labute approximate surface area is 129 Å². The van der Waals surface area contributed by atoms with Gasteiger partial charge in [-0.3, -0.25) is 4.79 Å². The molecule has 21 heavy (non-hydrogen) atoms. The molecule has 0 atom stereocenters. The molecule has 1 saturated heterocycles. The van der Waals surface area contributed by atoms with E-state index in [4.69, 9.17) is 9.84 Å². The van der Waals surface area contributed by atoms with E-state index in [1.165, 1.54) is 12.1 Å². The number of ether oxygens (including phenoxy) is 1. The first-order valence-electron chi connectivity index (χ1n) is 6.55. The molecule has 1 amide bonds. The number of carbonyl (C=O) groups excluding carboxylic acids is 1. The molecule has 0 aliphatic carbocycles. The summed E-state index contributed by atoms with van der Waals surface area (Å²) < 4.78 is 19.4. The second-order valence-corrected chi connectivity index (χ2v) is 5.65. The quantitative estimate of drug-likeness (QED) is 0.895. The molecule has 1 N–H and O–H groups in total. The standard InChI is InChI=1S/C14H15BrFNO4/c15-10-2-1-3-11(16)13(10)14(20)17-6-4-9(5-7-17)21-8-12(18)19/h1-3,9H,4-8H2,(H,18,19). The van der Waals surface area contributed by atoms with Crippen molar-refractivity contribution in [1.29, 1.82) is 0 Å². The van der Waals surface area contributed by atoms with E-state index < -0.39 is 11.8 Å². The Balaban J connectivity index is 1.96. The highest BCUT2D eigenvalue weighted by Crippen LogP contribution is 2.23. The maximum absolute atomic E-state index is 13.8. The summed E-state index contributed by atoms with van der Waals surface area (Å²) in [6.45, 7) is 0.505. The number of aliphatic carboxylic acids is 1. The molecule has 1 aromatic rings. The van der Waals surface area contributed by atoms with Crippen molar-refractivity contribution in [3.05, 3.63) is 34.1 Å². The Hall–Kier alpha value is -1.47. The topological polar surface area (TPSA) is 66.8 Å². The number of rotatable bonds is 4. The van der Waals surface area contributed by atoms with Gasteiger partial charge in [0.25, 0.3) is 5.91 Å². The van der Waals surface area contributed by atoms with Gasteiger partial charge in [-0.1, -0.05) is 6.07 Å². The highest BCUT2D eigenvalue weighted by atomic mass is 79.9. The average Bonchev–Trinajstić information content (AvgIpc) is 2.45. The first-order valence-corrected chi connectivity index (χ1v) is 7.35. The summed E-state index contributed by atoms with van der Waals surface area (Å²) in [6.07, 6.45) is 0.921. The van der Waals surface area contributed by atoms with Crippen molar-refractivity contribution >= 4 is 27.8 Å². The zero-order valence-corrected chi connectivity index (χ0v) is 12.8. The van der Waals surface area contributed by atoms with Gasteiger partial charge in [-0.2, -0.15) is 0 Å². The van der Waals surface area contributed by atoms with E-state index >= 15 is 0 Å². The van der Waals surface area contributed by atoms with Crippen LogP contribution in [0.1, 0.15) is 23.2 Å². The van der Waals surface area contributed by atoms with Crippen LogP contribution in [-0.2, 0) is 9.53 Å². The lowest BCUT2D eigenvalue weighted by atomic mass is 10.1. The zero-order chi connectivity index (χ0) is 15.4. The van der Waals surface area contributed by atoms with Gasteiger partial charge in [0.2, 0.25) is 0 Å². The fourth-order valence-corrected chi connectivity index (χ4v) is 2.79. The van der Waals surface area contributed by atoms with Crippen LogP contribution >= 0.6 is 15.9 Å². The van der Waals surface area contributed by atoms with Crippen LogP contribution in [0.3, 0.4) is 0 Å². The van der Waals surface area contributed by atoms with Crippen molar-refractivity contribution in [2.45, 2.75) is 18.9 Å². The Morgan fingerprint density at radius 3 is 2.62 bits per heavy atom. The van der Waals surface area contributed by atoms with Gasteiger partial charge in [-0.05, 0) is 40.9 Å². The van der Waals surface area contributed by atoms with Gasteiger partial charge in [-0.25, -0.2) is 9.18 Å². The van der Waals surface area contributed by atoms with Gasteiger partial charge in [0.1, 0.15) is 12.4 Å². The molecular weight excluding hydrogens is 345 g/mol. The molecule has 1 fully saturated rings. The van der Waals surface area contributed by atoms with Crippen molar-refractivity contribution in [3.8, 4) is 0 Å². The van der Waals surface area contributed by atoms with E-state index in [1.807, 2.05) is 0 Å². The van der Waals surface area contributed by atoms with Crippen molar-refractivity contribution in [3.63, 3.8) is 0 Å². The number of halogens is 2. The summed E-state index contributed by atoms with van der Waals surface area (Å²) in [6, 6.07) is 4.40. The number of carboxylic acid groups (broad SMARTS) is 1. The first kappa shape index (κ1) is 15.9. The molecule has 7 heteroatoms. The molecular formula is C14H15BrFNO4. The zero-order valence-electron chi connectivity index (χ0n) is 11.2. The molecule has 0 bridgehead atoms. The van der Waals surface area contributed by atoms with Crippen LogP contribution in [0.2, 0.25) is 0 Å². The van der Waals surface area contributed by atoms with Crippen LogP contribution in [0.25, 0.3) is 0 Å². The van der Waals surface area contributed by atoms with E-state index in [0.717, 1.165) is 0 Å². The van der Waals surface area contributed by atoms with E-state index in [0.29, 0.717) is 30.4 Å². The van der Waals surface area contributed by atoms with Crippen molar-refractivity contribution in [2.24, 2.45) is 0 Å². The van der Waals surface area contributed by atoms with Crippen molar-refractivity contribution in [1.82, 2.24) is 4.90 Å². The van der Waals surface area contributed by atoms with Gasteiger partial charge in [0.05, 0.1) is 11.7 Å². The molecule has 0 saturated carbocycles. The van der Waals surface area contributed by atoms with Gasteiger partial charge in [0, 0.05) is 17.6 Å². The third kappa shape index (κ3) is 4.01. The number of hydrogen-bond acceptors (Lipinski definition) is 3. The minimum absolute atomic E-state index is 0.0300. The lowest BCUT2D eigenvalue weighted by Crippen LogP contribution is -2.41. The molecule has 1 heterocycles. The van der Waals surface area contributed by atoms with Gasteiger partial charge < -0.3 is 14.7 Å². The summed E-state index contributed by atoms with van der Waals surface area (Å²) in [5.74, 6) is -1.93. The molecule has 1 aliphatic heterocycles. The average molecular weight is 360 g/mol. The van der Waals surface area contributed by atoms with E-state index in [1.54, 1.807) is 11.0 Å². The van der Waals surface area contributed by atoms with Crippen LogP contribution in [0.5, 0.6) is 0 Å².